The van der Waals surface area contributed by atoms with Gasteiger partial charge in [-0.05, 0) is 49.4 Å². The molecule has 158 valence electrons. The molecule has 2 amide bonds. The minimum atomic E-state index is -4.62. The molecule has 7 nitrogen and oxygen atoms in total. The van der Waals surface area contributed by atoms with Crippen LogP contribution in [0.1, 0.15) is 18.1 Å². The normalized spacial score (nSPS) is 18.7. The Morgan fingerprint density at radius 1 is 1.33 bits per heavy atom. The van der Waals surface area contributed by atoms with Gasteiger partial charge in [-0.25, -0.2) is 4.79 Å². The van der Waals surface area contributed by atoms with E-state index in [1.165, 1.54) is 6.07 Å². The highest BCUT2D eigenvalue weighted by Crippen LogP contribution is 2.36. The van der Waals surface area contributed by atoms with Crippen molar-refractivity contribution in [3.05, 3.63) is 53.6 Å². The molecule has 0 aliphatic carbocycles. The van der Waals surface area contributed by atoms with Crippen molar-refractivity contribution < 1.29 is 27.4 Å². The van der Waals surface area contributed by atoms with E-state index in [9.17, 15) is 18.0 Å². The number of anilines is 2. The number of urea groups is 1. The second kappa shape index (κ2) is 8.51. The monoisotopic (exact) mass is 420 g/mol. The SMILES string of the molecule is C[C@H]1O[C@H](COc2ccc(NC(N)=O)cc2)CN1c1ccc(C#N)c(C(F)(F)F)c1. The molecule has 2 aromatic rings. The smallest absolute Gasteiger partial charge is 0.417 e. The Labute approximate surface area is 170 Å². The van der Waals surface area contributed by atoms with Gasteiger partial charge in [0.25, 0.3) is 0 Å². The van der Waals surface area contributed by atoms with Crippen LogP contribution >= 0.6 is 0 Å². The zero-order valence-corrected chi connectivity index (χ0v) is 15.9. The number of ether oxygens (including phenoxy) is 2. The first-order chi connectivity index (χ1) is 14.2. The molecule has 0 spiro atoms. The summed E-state index contributed by atoms with van der Waals surface area (Å²) in [5.41, 5.74) is 4.49. The first-order valence-corrected chi connectivity index (χ1v) is 9.00. The van der Waals surface area contributed by atoms with Gasteiger partial charge in [0.05, 0.1) is 23.7 Å². The lowest BCUT2D eigenvalue weighted by Gasteiger charge is -2.23. The van der Waals surface area contributed by atoms with Crippen LogP contribution in [0.25, 0.3) is 0 Å². The van der Waals surface area contributed by atoms with E-state index in [0.717, 1.165) is 12.1 Å². The fourth-order valence-corrected chi connectivity index (χ4v) is 3.18. The molecular formula is C20H19F3N4O3. The Kier molecular flexibility index (Phi) is 6.03. The lowest BCUT2D eigenvalue weighted by molar-refractivity contribution is -0.137. The number of nitrogens with one attached hydrogen (secondary N) is 1. The second-order valence-corrected chi connectivity index (χ2v) is 6.67. The largest absolute Gasteiger partial charge is 0.491 e. The highest BCUT2D eigenvalue weighted by molar-refractivity contribution is 5.87. The van der Waals surface area contributed by atoms with Crippen LogP contribution in [0.3, 0.4) is 0 Å². The summed E-state index contributed by atoms with van der Waals surface area (Å²) in [7, 11) is 0. The van der Waals surface area contributed by atoms with Crippen LogP contribution in [0.4, 0.5) is 29.3 Å². The Morgan fingerprint density at radius 2 is 2.03 bits per heavy atom. The van der Waals surface area contributed by atoms with Gasteiger partial charge in [0.1, 0.15) is 24.7 Å². The van der Waals surface area contributed by atoms with Crippen molar-refractivity contribution >= 4 is 17.4 Å². The van der Waals surface area contributed by atoms with Crippen LogP contribution in [0.5, 0.6) is 5.75 Å². The van der Waals surface area contributed by atoms with E-state index >= 15 is 0 Å². The van der Waals surface area contributed by atoms with Gasteiger partial charge in [0, 0.05) is 11.4 Å². The third kappa shape index (κ3) is 4.93. The zero-order chi connectivity index (χ0) is 21.9. The van der Waals surface area contributed by atoms with E-state index in [4.69, 9.17) is 20.5 Å². The van der Waals surface area contributed by atoms with E-state index in [-0.39, 0.29) is 12.7 Å². The van der Waals surface area contributed by atoms with Crippen LogP contribution in [0.15, 0.2) is 42.5 Å². The maximum absolute atomic E-state index is 13.2. The second-order valence-electron chi connectivity index (χ2n) is 6.67. The minimum absolute atomic E-state index is 0.186. The highest BCUT2D eigenvalue weighted by Gasteiger charge is 2.36. The third-order valence-electron chi connectivity index (χ3n) is 4.55. The number of alkyl halides is 3. The van der Waals surface area contributed by atoms with Gasteiger partial charge in [-0.1, -0.05) is 0 Å². The number of hydrogen-bond acceptors (Lipinski definition) is 5. The minimum Gasteiger partial charge on any atom is -0.491 e. The van der Waals surface area contributed by atoms with Crippen molar-refractivity contribution in [1.29, 1.82) is 5.26 Å². The number of carbonyl (C=O) groups excluding carboxylic acids is 1. The Hall–Kier alpha value is -3.45. The van der Waals surface area contributed by atoms with Gasteiger partial charge in [-0.15, -0.1) is 0 Å². The molecule has 0 unspecified atom stereocenters. The van der Waals surface area contributed by atoms with Crippen molar-refractivity contribution in [3.8, 4) is 11.8 Å². The number of halogens is 3. The first-order valence-electron chi connectivity index (χ1n) is 9.00. The Morgan fingerprint density at radius 3 is 2.63 bits per heavy atom. The number of nitriles is 1. The fraction of sp³-hybridized carbons (Fsp3) is 0.300. The summed E-state index contributed by atoms with van der Waals surface area (Å²) in [5.74, 6) is 0.539. The molecule has 2 atom stereocenters. The summed E-state index contributed by atoms with van der Waals surface area (Å²) in [6.45, 7) is 2.24. The molecule has 30 heavy (non-hydrogen) atoms. The number of hydrogen-bond donors (Lipinski definition) is 2. The predicted octanol–water partition coefficient (Wildman–Crippen LogP) is 3.70. The molecule has 1 fully saturated rings. The van der Waals surface area contributed by atoms with Gasteiger partial charge in [0.2, 0.25) is 0 Å². The average Bonchev–Trinajstić information content (AvgIpc) is 3.06. The summed E-state index contributed by atoms with van der Waals surface area (Å²) in [6, 6.07) is 11.1. The highest BCUT2D eigenvalue weighted by atomic mass is 19.4. The predicted molar refractivity (Wildman–Crippen MR) is 103 cm³/mol. The molecule has 0 aromatic heterocycles. The lowest BCUT2D eigenvalue weighted by atomic mass is 10.1. The maximum atomic E-state index is 13.2. The number of benzene rings is 2. The molecule has 10 heteroatoms. The van der Waals surface area contributed by atoms with Gasteiger partial charge in [-0.2, -0.15) is 18.4 Å². The maximum Gasteiger partial charge on any atom is 0.417 e. The lowest BCUT2D eigenvalue weighted by Crippen LogP contribution is -2.28. The topological polar surface area (TPSA) is 101 Å². The van der Waals surface area contributed by atoms with E-state index in [1.54, 1.807) is 42.2 Å². The standard InChI is InChI=1S/C20H19F3N4O3/c1-12-27(15-5-2-13(9-24)18(8-15)20(21,22)23)10-17(30-12)11-29-16-6-3-14(4-7-16)26-19(25)28/h2-8,12,17H,10-11H2,1H3,(H3,25,26,28)/t12-,17+/m1/s1. The van der Waals surface area contributed by atoms with Crippen molar-refractivity contribution in [2.45, 2.75) is 25.4 Å². The molecule has 0 saturated carbocycles. The van der Waals surface area contributed by atoms with Crippen molar-refractivity contribution in [2.75, 3.05) is 23.4 Å². The van der Waals surface area contributed by atoms with Crippen molar-refractivity contribution in [2.24, 2.45) is 5.73 Å². The molecule has 3 N–H and O–H groups in total. The summed E-state index contributed by atoms with van der Waals surface area (Å²) in [5, 5.41) is 11.4. The zero-order valence-electron chi connectivity index (χ0n) is 15.9. The Bertz CT molecular complexity index is 957. The molecule has 0 bridgehead atoms. The summed E-state index contributed by atoms with van der Waals surface area (Å²) >= 11 is 0. The third-order valence-corrected chi connectivity index (χ3v) is 4.55. The Balaban J connectivity index is 1.65. The van der Waals surface area contributed by atoms with Crippen LogP contribution < -0.4 is 20.7 Å². The number of rotatable bonds is 5. The van der Waals surface area contributed by atoms with Gasteiger partial charge >= 0.3 is 12.2 Å². The summed E-state index contributed by atoms with van der Waals surface area (Å²) in [6.07, 6.45) is -5.45. The van der Waals surface area contributed by atoms with Crippen LogP contribution in [0.2, 0.25) is 0 Å². The van der Waals surface area contributed by atoms with E-state index in [2.05, 4.69) is 5.32 Å². The average molecular weight is 420 g/mol. The molecule has 3 rings (SSSR count). The number of nitrogens with zero attached hydrogens (tertiary/aromatic N) is 2. The van der Waals surface area contributed by atoms with E-state index in [0.29, 0.717) is 23.7 Å². The summed E-state index contributed by atoms with van der Waals surface area (Å²) in [4.78, 5) is 12.5. The molecular weight excluding hydrogens is 401 g/mol. The molecule has 1 aliphatic heterocycles. The number of primary amides is 1. The van der Waals surface area contributed by atoms with E-state index in [1.807, 2.05) is 0 Å². The first kappa shape index (κ1) is 21.3. The van der Waals surface area contributed by atoms with Gasteiger partial charge in [-0.3, -0.25) is 0 Å². The van der Waals surface area contributed by atoms with Crippen LogP contribution in [0, 0.1) is 11.3 Å². The number of nitrogens with two attached hydrogens (primary N) is 1. The van der Waals surface area contributed by atoms with E-state index < -0.39 is 29.6 Å². The molecule has 1 aliphatic rings. The van der Waals surface area contributed by atoms with Crippen LogP contribution in [-0.2, 0) is 10.9 Å². The van der Waals surface area contributed by atoms with Gasteiger partial charge < -0.3 is 25.4 Å². The molecule has 0 radical (unpaired) electrons. The fourth-order valence-electron chi connectivity index (χ4n) is 3.18. The number of amides is 2. The molecule has 1 saturated heterocycles. The van der Waals surface area contributed by atoms with Crippen molar-refractivity contribution in [3.63, 3.8) is 0 Å². The molecule has 1 heterocycles. The molecule has 2 aromatic carbocycles. The van der Waals surface area contributed by atoms with Crippen LogP contribution in [-0.4, -0.2) is 31.5 Å². The number of carbonyl (C=O) groups is 1. The van der Waals surface area contributed by atoms with Crippen molar-refractivity contribution in [1.82, 2.24) is 0 Å². The van der Waals surface area contributed by atoms with Gasteiger partial charge in [0.15, 0.2) is 0 Å². The quantitative estimate of drug-likeness (QED) is 0.768. The summed E-state index contributed by atoms with van der Waals surface area (Å²) < 4.78 is 51.2.